The lowest BCUT2D eigenvalue weighted by atomic mass is 10.1. The van der Waals surface area contributed by atoms with Crippen LogP contribution >= 0.6 is 0 Å². The molecular formula is C13H12F3N3. The summed E-state index contributed by atoms with van der Waals surface area (Å²) in [5, 5.41) is 2.88. The second-order valence-electron chi connectivity index (χ2n) is 4.14. The van der Waals surface area contributed by atoms with Crippen molar-refractivity contribution in [2.75, 3.05) is 5.32 Å². The van der Waals surface area contributed by atoms with Crippen molar-refractivity contribution in [2.45, 2.75) is 19.5 Å². The third-order valence-corrected chi connectivity index (χ3v) is 2.38. The standard InChI is InChI=1S/C13H12F3N3/c1-9-5-6-17-12(18-9)19-11-4-2-3-10(7-11)8-13(14,15)16/h2-7H,8H2,1H3,(H,17,18,19). The van der Waals surface area contributed by atoms with Crippen molar-refractivity contribution in [3.8, 4) is 0 Å². The number of alkyl halides is 3. The molecule has 19 heavy (non-hydrogen) atoms. The molecule has 0 saturated heterocycles. The molecule has 0 unspecified atom stereocenters. The Bertz CT molecular complexity index is 567. The van der Waals surface area contributed by atoms with Crippen molar-refractivity contribution < 1.29 is 13.2 Å². The van der Waals surface area contributed by atoms with Gasteiger partial charge in [-0.3, -0.25) is 0 Å². The molecule has 0 amide bonds. The van der Waals surface area contributed by atoms with Crippen molar-refractivity contribution in [3.63, 3.8) is 0 Å². The molecule has 0 aliphatic heterocycles. The van der Waals surface area contributed by atoms with E-state index in [1.165, 1.54) is 12.1 Å². The maximum atomic E-state index is 12.3. The fourth-order valence-electron chi connectivity index (χ4n) is 1.63. The molecule has 0 bridgehead atoms. The lowest BCUT2D eigenvalue weighted by Crippen LogP contribution is -2.11. The van der Waals surface area contributed by atoms with E-state index in [0.717, 1.165) is 5.69 Å². The van der Waals surface area contributed by atoms with Gasteiger partial charge >= 0.3 is 6.18 Å². The van der Waals surface area contributed by atoms with E-state index in [2.05, 4.69) is 15.3 Å². The molecule has 0 fully saturated rings. The molecule has 6 heteroatoms. The van der Waals surface area contributed by atoms with E-state index in [1.807, 2.05) is 6.92 Å². The summed E-state index contributed by atoms with van der Waals surface area (Å²) in [6.45, 7) is 1.81. The lowest BCUT2D eigenvalue weighted by molar-refractivity contribution is -0.127. The molecule has 0 spiro atoms. The monoisotopic (exact) mass is 267 g/mol. The first-order valence-corrected chi connectivity index (χ1v) is 5.65. The molecule has 1 N–H and O–H groups in total. The van der Waals surface area contributed by atoms with Gasteiger partial charge in [-0.15, -0.1) is 0 Å². The summed E-state index contributed by atoms with van der Waals surface area (Å²) in [5.74, 6) is 0.365. The summed E-state index contributed by atoms with van der Waals surface area (Å²) in [4.78, 5) is 8.12. The highest BCUT2D eigenvalue weighted by atomic mass is 19.4. The maximum absolute atomic E-state index is 12.3. The first-order valence-electron chi connectivity index (χ1n) is 5.65. The minimum atomic E-state index is -4.21. The number of nitrogens with zero attached hydrogens (tertiary/aromatic N) is 2. The Hall–Kier alpha value is -2.11. The van der Waals surface area contributed by atoms with Crippen molar-refractivity contribution in [1.29, 1.82) is 0 Å². The number of anilines is 2. The summed E-state index contributed by atoms with van der Waals surface area (Å²) in [6.07, 6.45) is -3.57. The fourth-order valence-corrected chi connectivity index (χ4v) is 1.63. The zero-order valence-corrected chi connectivity index (χ0v) is 10.2. The number of halogens is 3. The fraction of sp³-hybridized carbons (Fsp3) is 0.231. The summed E-state index contributed by atoms with van der Waals surface area (Å²) < 4.78 is 36.9. The highest BCUT2D eigenvalue weighted by Gasteiger charge is 2.27. The van der Waals surface area contributed by atoms with Gasteiger partial charge in [-0.2, -0.15) is 13.2 Å². The third-order valence-electron chi connectivity index (χ3n) is 2.38. The van der Waals surface area contributed by atoms with Gasteiger partial charge in [-0.25, -0.2) is 9.97 Å². The molecule has 1 aromatic heterocycles. The molecule has 3 nitrogen and oxygen atoms in total. The van der Waals surface area contributed by atoms with Gasteiger partial charge in [0.1, 0.15) is 0 Å². The maximum Gasteiger partial charge on any atom is 0.393 e. The Morgan fingerprint density at radius 1 is 1.21 bits per heavy atom. The van der Waals surface area contributed by atoms with Gasteiger partial charge in [-0.1, -0.05) is 12.1 Å². The van der Waals surface area contributed by atoms with Crippen LogP contribution in [0.4, 0.5) is 24.8 Å². The van der Waals surface area contributed by atoms with Crippen LogP contribution in [0.25, 0.3) is 0 Å². The van der Waals surface area contributed by atoms with Gasteiger partial charge in [0.2, 0.25) is 5.95 Å². The van der Waals surface area contributed by atoms with Crippen LogP contribution in [0.3, 0.4) is 0 Å². The van der Waals surface area contributed by atoms with Crippen LogP contribution in [-0.2, 0) is 6.42 Å². The number of nitrogens with one attached hydrogen (secondary N) is 1. The summed E-state index contributed by atoms with van der Waals surface area (Å²) in [5.41, 5.74) is 1.52. The minimum absolute atomic E-state index is 0.199. The number of hydrogen-bond acceptors (Lipinski definition) is 3. The van der Waals surface area contributed by atoms with Crippen LogP contribution in [-0.4, -0.2) is 16.1 Å². The van der Waals surface area contributed by atoms with Gasteiger partial charge < -0.3 is 5.32 Å². The zero-order chi connectivity index (χ0) is 13.9. The topological polar surface area (TPSA) is 37.8 Å². The van der Waals surface area contributed by atoms with Gasteiger partial charge in [0.15, 0.2) is 0 Å². The van der Waals surface area contributed by atoms with E-state index in [-0.39, 0.29) is 5.56 Å². The average molecular weight is 267 g/mol. The van der Waals surface area contributed by atoms with Crippen LogP contribution in [0.15, 0.2) is 36.5 Å². The number of hydrogen-bond donors (Lipinski definition) is 1. The first kappa shape index (κ1) is 13.3. The Labute approximate surface area is 108 Å². The Morgan fingerprint density at radius 2 is 2.00 bits per heavy atom. The van der Waals surface area contributed by atoms with Gasteiger partial charge in [0.05, 0.1) is 6.42 Å². The molecule has 100 valence electrons. The quantitative estimate of drug-likeness (QED) is 0.922. The lowest BCUT2D eigenvalue weighted by Gasteiger charge is -2.09. The predicted octanol–water partition coefficient (Wildman–Crippen LogP) is 3.63. The van der Waals surface area contributed by atoms with E-state index in [9.17, 15) is 13.2 Å². The smallest absolute Gasteiger partial charge is 0.324 e. The van der Waals surface area contributed by atoms with E-state index >= 15 is 0 Å². The van der Waals surface area contributed by atoms with Crippen LogP contribution in [0.5, 0.6) is 0 Å². The highest BCUT2D eigenvalue weighted by Crippen LogP contribution is 2.23. The van der Waals surface area contributed by atoms with Crippen molar-refractivity contribution in [3.05, 3.63) is 47.8 Å². The van der Waals surface area contributed by atoms with Gasteiger partial charge in [0, 0.05) is 17.6 Å². The predicted molar refractivity (Wildman–Crippen MR) is 66.3 cm³/mol. The SMILES string of the molecule is Cc1ccnc(Nc2cccc(CC(F)(F)F)c2)n1. The van der Waals surface area contributed by atoms with Gasteiger partial charge in [-0.05, 0) is 30.7 Å². The molecule has 1 aromatic carbocycles. The molecular weight excluding hydrogens is 255 g/mol. The average Bonchev–Trinajstić information content (AvgIpc) is 2.27. The second-order valence-corrected chi connectivity index (χ2v) is 4.14. The van der Waals surface area contributed by atoms with E-state index in [0.29, 0.717) is 11.6 Å². The van der Waals surface area contributed by atoms with E-state index in [1.54, 1.807) is 24.4 Å². The Kier molecular flexibility index (Phi) is 3.69. The first-order chi connectivity index (χ1) is 8.92. The number of aryl methyl sites for hydroxylation is 1. The zero-order valence-electron chi connectivity index (χ0n) is 10.2. The minimum Gasteiger partial charge on any atom is -0.324 e. The van der Waals surface area contributed by atoms with E-state index in [4.69, 9.17) is 0 Å². The number of aromatic nitrogens is 2. The summed E-state index contributed by atoms with van der Waals surface area (Å²) in [6, 6.07) is 7.87. The van der Waals surface area contributed by atoms with Gasteiger partial charge in [0.25, 0.3) is 0 Å². The molecule has 1 heterocycles. The molecule has 0 aliphatic rings. The summed E-state index contributed by atoms with van der Waals surface area (Å²) in [7, 11) is 0. The summed E-state index contributed by atoms with van der Waals surface area (Å²) >= 11 is 0. The molecule has 0 aliphatic carbocycles. The second kappa shape index (κ2) is 5.26. The van der Waals surface area contributed by atoms with Crippen molar-refractivity contribution in [1.82, 2.24) is 9.97 Å². The van der Waals surface area contributed by atoms with Crippen LogP contribution in [0.2, 0.25) is 0 Å². The molecule has 2 rings (SSSR count). The van der Waals surface area contributed by atoms with Crippen LogP contribution in [0, 0.1) is 6.92 Å². The van der Waals surface area contributed by atoms with E-state index < -0.39 is 12.6 Å². The molecule has 0 radical (unpaired) electrons. The van der Waals surface area contributed by atoms with Crippen molar-refractivity contribution >= 4 is 11.6 Å². The third kappa shape index (κ3) is 4.24. The number of rotatable bonds is 3. The Balaban J connectivity index is 2.15. The van der Waals surface area contributed by atoms with Crippen LogP contribution in [0.1, 0.15) is 11.3 Å². The van der Waals surface area contributed by atoms with Crippen molar-refractivity contribution in [2.24, 2.45) is 0 Å². The molecule has 0 atom stereocenters. The normalized spacial score (nSPS) is 11.4. The number of benzene rings is 1. The molecule has 2 aromatic rings. The van der Waals surface area contributed by atoms with Crippen LogP contribution < -0.4 is 5.32 Å². The molecule has 0 saturated carbocycles. The highest BCUT2D eigenvalue weighted by molar-refractivity contribution is 5.54. The Morgan fingerprint density at radius 3 is 2.68 bits per heavy atom. The largest absolute Gasteiger partial charge is 0.393 e.